The van der Waals surface area contributed by atoms with Crippen molar-refractivity contribution in [2.45, 2.75) is 0 Å². The van der Waals surface area contributed by atoms with E-state index >= 15 is 0 Å². The summed E-state index contributed by atoms with van der Waals surface area (Å²) >= 11 is 0. The predicted octanol–water partition coefficient (Wildman–Crippen LogP) is 0.470. The van der Waals surface area contributed by atoms with E-state index in [9.17, 15) is 0 Å². The van der Waals surface area contributed by atoms with Crippen LogP contribution in [0.25, 0.3) is 0 Å². The SMILES string of the molecule is O=P.[Ti].[Ti]. The van der Waals surface area contributed by atoms with Crippen molar-refractivity contribution in [3.8, 4) is 0 Å². The zero-order valence-corrected chi connectivity index (χ0v) is 6.03. The maximum atomic E-state index is 8.06. The third-order valence-electron chi connectivity index (χ3n) is 0. The Kier molecular flexibility index (Phi) is 107. The van der Waals surface area contributed by atoms with Gasteiger partial charge in [-0.05, 0) is 0 Å². The van der Waals surface area contributed by atoms with E-state index in [4.69, 9.17) is 4.57 Å². The second-order valence-corrected chi connectivity index (χ2v) is 0. The second kappa shape index (κ2) is 24.1. The van der Waals surface area contributed by atoms with Gasteiger partial charge in [0.2, 0.25) is 0 Å². The Bertz CT molecular complexity index is 6.00. The van der Waals surface area contributed by atoms with E-state index in [1.54, 1.807) is 9.12 Å². The quantitative estimate of drug-likeness (QED) is 0.356. The average Bonchev–Trinajstić information content (AvgIpc) is 1.00. The average molecular weight is 144 g/mol. The number of rotatable bonds is 0. The normalized spacial score (nSPS) is 1.00. The van der Waals surface area contributed by atoms with E-state index in [2.05, 4.69) is 0 Å². The molecule has 1 nitrogen and oxygen atoms in total. The molecular formula is HOPTi2. The van der Waals surface area contributed by atoms with Crippen molar-refractivity contribution in [2.24, 2.45) is 0 Å². The Morgan fingerprint density at radius 1 is 1.00 bits per heavy atom. The van der Waals surface area contributed by atoms with E-state index in [0.717, 1.165) is 0 Å². The molecule has 0 saturated heterocycles. The van der Waals surface area contributed by atoms with Gasteiger partial charge in [-0.15, -0.1) is 0 Å². The van der Waals surface area contributed by atoms with Crippen LogP contribution in [0.5, 0.6) is 0 Å². The van der Waals surface area contributed by atoms with Gasteiger partial charge in [0.05, 0.1) is 0 Å². The molecule has 0 radical (unpaired) electrons. The van der Waals surface area contributed by atoms with Gasteiger partial charge in [-0.25, -0.2) is 0 Å². The Morgan fingerprint density at radius 2 is 1.00 bits per heavy atom. The summed E-state index contributed by atoms with van der Waals surface area (Å²) in [5, 5.41) is 0. The summed E-state index contributed by atoms with van der Waals surface area (Å²) in [6, 6.07) is 0. The van der Waals surface area contributed by atoms with Crippen LogP contribution in [0.15, 0.2) is 0 Å². The van der Waals surface area contributed by atoms with Gasteiger partial charge >= 0.3 is 0 Å². The summed E-state index contributed by atoms with van der Waals surface area (Å²) in [4.78, 5) is 0. The van der Waals surface area contributed by atoms with Gasteiger partial charge in [0.15, 0.2) is 0 Å². The monoisotopic (exact) mass is 144 g/mol. The van der Waals surface area contributed by atoms with Gasteiger partial charge < -0.3 is 0 Å². The van der Waals surface area contributed by atoms with E-state index in [1.807, 2.05) is 0 Å². The zero-order chi connectivity index (χ0) is 2.00. The first-order chi connectivity index (χ1) is 1.00. The molecule has 0 aromatic rings. The number of hydrogen-bond donors (Lipinski definition) is 0. The molecule has 0 spiro atoms. The minimum absolute atomic E-state index is 0. The molecule has 0 unspecified atom stereocenters. The summed E-state index contributed by atoms with van der Waals surface area (Å²) in [5.74, 6) is 0. The molecule has 0 rings (SSSR count). The van der Waals surface area contributed by atoms with Crippen molar-refractivity contribution in [2.75, 3.05) is 0 Å². The van der Waals surface area contributed by atoms with Gasteiger partial charge in [0.25, 0.3) is 0 Å². The summed E-state index contributed by atoms with van der Waals surface area (Å²) < 4.78 is 8.06. The van der Waals surface area contributed by atoms with Gasteiger partial charge in [-0.2, -0.15) is 0 Å². The maximum Gasteiger partial charge on any atom is 0.138 e. The van der Waals surface area contributed by atoms with E-state index in [-0.39, 0.29) is 43.4 Å². The fourth-order valence-corrected chi connectivity index (χ4v) is 0. The minimum Gasteiger partial charge on any atom is -0.279 e. The molecule has 0 aromatic heterocycles. The van der Waals surface area contributed by atoms with Crippen LogP contribution in [0.3, 0.4) is 0 Å². The van der Waals surface area contributed by atoms with Crippen molar-refractivity contribution in [1.82, 2.24) is 0 Å². The molecule has 0 atom stereocenters. The van der Waals surface area contributed by atoms with E-state index < -0.39 is 0 Å². The van der Waals surface area contributed by atoms with Crippen molar-refractivity contribution in [3.63, 3.8) is 0 Å². The first-order valence-electron chi connectivity index (χ1n) is 0.204. The minimum atomic E-state index is 0. The summed E-state index contributed by atoms with van der Waals surface area (Å²) in [6.07, 6.45) is 0. The molecule has 0 aromatic carbocycles. The fourth-order valence-electron chi connectivity index (χ4n) is 0. The molecule has 0 aliphatic carbocycles. The van der Waals surface area contributed by atoms with E-state index in [1.165, 1.54) is 0 Å². The molecule has 0 amide bonds. The molecule has 4 heteroatoms. The third kappa shape index (κ3) is 9.66. The first kappa shape index (κ1) is 17.7. The van der Waals surface area contributed by atoms with Crippen LogP contribution in [0.1, 0.15) is 0 Å². The molecule has 20 valence electrons. The van der Waals surface area contributed by atoms with Crippen LogP contribution in [-0.4, -0.2) is 0 Å². The van der Waals surface area contributed by atoms with Crippen LogP contribution in [0.2, 0.25) is 0 Å². The molecule has 0 aliphatic heterocycles. The molecular weight excluding hydrogens is 143 g/mol. The smallest absolute Gasteiger partial charge is 0.138 e. The molecule has 0 N–H and O–H groups in total. The van der Waals surface area contributed by atoms with Gasteiger partial charge in [-0.1, -0.05) is 0 Å². The van der Waals surface area contributed by atoms with Crippen LogP contribution in [-0.2, 0) is 48.0 Å². The topological polar surface area (TPSA) is 17.1 Å². The summed E-state index contributed by atoms with van der Waals surface area (Å²) in [5.41, 5.74) is 0. The van der Waals surface area contributed by atoms with Gasteiger partial charge in [-0.3, -0.25) is 4.57 Å². The summed E-state index contributed by atoms with van der Waals surface area (Å²) in [6.45, 7) is 0. The van der Waals surface area contributed by atoms with Crippen LogP contribution >= 0.6 is 9.12 Å². The van der Waals surface area contributed by atoms with Crippen LogP contribution in [0, 0.1) is 0 Å². The second-order valence-electron chi connectivity index (χ2n) is 0. The Balaban J connectivity index is -0.00000000500. The van der Waals surface area contributed by atoms with Gasteiger partial charge in [0.1, 0.15) is 9.12 Å². The Hall–Kier alpha value is 1.53. The molecule has 0 fully saturated rings. The predicted molar refractivity (Wildman–Crippen MR) is 9.00 cm³/mol. The zero-order valence-electron chi connectivity index (χ0n) is 1.91. The van der Waals surface area contributed by atoms with Crippen molar-refractivity contribution in [1.29, 1.82) is 0 Å². The van der Waals surface area contributed by atoms with Crippen LogP contribution in [0.4, 0.5) is 0 Å². The van der Waals surface area contributed by atoms with Crippen molar-refractivity contribution >= 4 is 9.12 Å². The third-order valence-corrected chi connectivity index (χ3v) is 0. The van der Waals surface area contributed by atoms with Gasteiger partial charge in [0, 0.05) is 43.4 Å². The standard InChI is InChI=1S/HOP.2Ti/c1-2;;/h2H;;. The maximum absolute atomic E-state index is 8.06. The van der Waals surface area contributed by atoms with E-state index in [0.29, 0.717) is 0 Å². The largest absolute Gasteiger partial charge is 0.279 e. The first-order valence-corrected chi connectivity index (χ1v) is 0.612. The summed E-state index contributed by atoms with van der Waals surface area (Å²) in [7, 11) is 1.72. The molecule has 4 heavy (non-hydrogen) atoms. The molecule has 0 saturated carbocycles. The molecule has 0 heterocycles. The number of hydrogen-bond acceptors (Lipinski definition) is 1. The van der Waals surface area contributed by atoms with Crippen molar-refractivity contribution < 1.29 is 48.0 Å². The van der Waals surface area contributed by atoms with Crippen molar-refractivity contribution in [3.05, 3.63) is 0 Å². The van der Waals surface area contributed by atoms with Crippen LogP contribution < -0.4 is 0 Å². The Morgan fingerprint density at radius 3 is 1.00 bits per heavy atom. The fraction of sp³-hybridized carbons (Fsp3) is 0. The Labute approximate surface area is 56.9 Å². The molecule has 0 aliphatic rings. The molecule has 0 bridgehead atoms.